The zero-order chi connectivity index (χ0) is 14.7. The van der Waals surface area contributed by atoms with E-state index in [0.717, 1.165) is 6.07 Å². The van der Waals surface area contributed by atoms with Crippen molar-refractivity contribution in [3.8, 4) is 11.8 Å². The lowest BCUT2D eigenvalue weighted by Gasteiger charge is -2.07. The van der Waals surface area contributed by atoms with E-state index in [1.807, 2.05) is 0 Å². The number of nitrogens with two attached hydrogens (primary N) is 1. The molecule has 0 saturated carbocycles. The molecule has 0 unspecified atom stereocenters. The van der Waals surface area contributed by atoms with E-state index in [-0.39, 0.29) is 23.3 Å². The SMILES string of the molecule is Cc1cc(/C(N)=N/O)nc(Oc2cccc(F)c2F)n1. The molecule has 0 aliphatic carbocycles. The summed E-state index contributed by atoms with van der Waals surface area (Å²) in [5.74, 6) is -2.81. The van der Waals surface area contributed by atoms with Crippen molar-refractivity contribution in [1.29, 1.82) is 0 Å². The summed E-state index contributed by atoms with van der Waals surface area (Å²) in [5, 5.41) is 11.4. The van der Waals surface area contributed by atoms with Crippen LogP contribution in [0.5, 0.6) is 11.8 Å². The summed E-state index contributed by atoms with van der Waals surface area (Å²) in [4.78, 5) is 7.73. The van der Waals surface area contributed by atoms with Crippen LogP contribution >= 0.6 is 0 Å². The topological polar surface area (TPSA) is 93.6 Å². The van der Waals surface area contributed by atoms with Crippen molar-refractivity contribution in [1.82, 2.24) is 9.97 Å². The molecule has 3 N–H and O–H groups in total. The van der Waals surface area contributed by atoms with Gasteiger partial charge in [0.1, 0.15) is 5.69 Å². The summed E-state index contributed by atoms with van der Waals surface area (Å²) in [6, 6.07) is 4.68. The molecular weight excluding hydrogens is 270 g/mol. The molecule has 0 amide bonds. The minimum atomic E-state index is -1.15. The van der Waals surface area contributed by atoms with Crippen molar-refractivity contribution in [2.75, 3.05) is 0 Å². The molecule has 0 radical (unpaired) electrons. The second-order valence-electron chi connectivity index (χ2n) is 3.82. The molecular formula is C12H10F2N4O2. The second-order valence-corrected chi connectivity index (χ2v) is 3.82. The van der Waals surface area contributed by atoms with Crippen LogP contribution in [0, 0.1) is 18.6 Å². The van der Waals surface area contributed by atoms with Crippen molar-refractivity contribution >= 4 is 5.84 Å². The van der Waals surface area contributed by atoms with Crippen LogP contribution in [0.2, 0.25) is 0 Å². The van der Waals surface area contributed by atoms with Gasteiger partial charge in [-0.15, -0.1) is 0 Å². The Bertz CT molecular complexity index is 677. The predicted molar refractivity (Wildman–Crippen MR) is 65.7 cm³/mol. The molecule has 104 valence electrons. The van der Waals surface area contributed by atoms with Crippen LogP contribution < -0.4 is 10.5 Å². The first-order valence-corrected chi connectivity index (χ1v) is 5.46. The van der Waals surface area contributed by atoms with Gasteiger partial charge in [-0.05, 0) is 25.1 Å². The molecule has 0 atom stereocenters. The van der Waals surface area contributed by atoms with Crippen molar-refractivity contribution in [3.05, 3.63) is 47.3 Å². The Labute approximate surface area is 112 Å². The number of hydrogen-bond donors (Lipinski definition) is 2. The average molecular weight is 280 g/mol. The van der Waals surface area contributed by atoms with Gasteiger partial charge in [-0.1, -0.05) is 11.2 Å². The number of rotatable bonds is 3. The zero-order valence-corrected chi connectivity index (χ0v) is 10.3. The first-order valence-electron chi connectivity index (χ1n) is 5.46. The number of halogens is 2. The lowest BCUT2D eigenvalue weighted by Crippen LogP contribution is -2.16. The highest BCUT2D eigenvalue weighted by Gasteiger charge is 2.13. The van der Waals surface area contributed by atoms with E-state index in [0.29, 0.717) is 5.69 Å². The number of aromatic nitrogens is 2. The quantitative estimate of drug-likeness (QED) is 0.388. The normalized spacial score (nSPS) is 11.4. The van der Waals surface area contributed by atoms with Crippen LogP contribution in [-0.2, 0) is 0 Å². The van der Waals surface area contributed by atoms with Gasteiger partial charge < -0.3 is 15.7 Å². The monoisotopic (exact) mass is 280 g/mol. The lowest BCUT2D eigenvalue weighted by molar-refractivity contribution is 0.318. The van der Waals surface area contributed by atoms with Gasteiger partial charge in [-0.25, -0.2) is 9.37 Å². The number of ether oxygens (including phenoxy) is 1. The van der Waals surface area contributed by atoms with Crippen LogP contribution in [0.4, 0.5) is 8.78 Å². The van der Waals surface area contributed by atoms with Crippen LogP contribution in [0.1, 0.15) is 11.4 Å². The van der Waals surface area contributed by atoms with E-state index in [9.17, 15) is 8.78 Å². The molecule has 0 spiro atoms. The number of oxime groups is 1. The summed E-state index contributed by atoms with van der Waals surface area (Å²) < 4.78 is 31.6. The maximum Gasteiger partial charge on any atom is 0.322 e. The van der Waals surface area contributed by atoms with Gasteiger partial charge >= 0.3 is 6.01 Å². The molecule has 0 aliphatic rings. The minimum Gasteiger partial charge on any atom is -0.421 e. The third-order valence-corrected chi connectivity index (χ3v) is 2.32. The van der Waals surface area contributed by atoms with E-state index in [4.69, 9.17) is 15.7 Å². The Morgan fingerprint density at radius 3 is 2.80 bits per heavy atom. The highest BCUT2D eigenvalue weighted by atomic mass is 19.2. The molecule has 1 aromatic heterocycles. The number of hydrogen-bond acceptors (Lipinski definition) is 5. The van der Waals surface area contributed by atoms with Crippen molar-refractivity contribution < 1.29 is 18.7 Å². The summed E-state index contributed by atoms with van der Waals surface area (Å²) in [7, 11) is 0. The number of amidine groups is 1. The summed E-state index contributed by atoms with van der Waals surface area (Å²) in [6.07, 6.45) is 0. The predicted octanol–water partition coefficient (Wildman–Crippen LogP) is 1.95. The van der Waals surface area contributed by atoms with Gasteiger partial charge in [0, 0.05) is 5.69 Å². The Kier molecular flexibility index (Phi) is 3.74. The molecule has 6 nitrogen and oxygen atoms in total. The maximum absolute atomic E-state index is 13.5. The Hall–Kier alpha value is -2.77. The van der Waals surface area contributed by atoms with Gasteiger partial charge in [0.15, 0.2) is 17.4 Å². The van der Waals surface area contributed by atoms with Gasteiger partial charge in [0.2, 0.25) is 5.82 Å². The largest absolute Gasteiger partial charge is 0.421 e. The van der Waals surface area contributed by atoms with Crippen LogP contribution in [0.15, 0.2) is 29.4 Å². The average Bonchev–Trinajstić information content (AvgIpc) is 2.42. The van der Waals surface area contributed by atoms with E-state index < -0.39 is 11.6 Å². The first-order chi connectivity index (χ1) is 9.51. The maximum atomic E-state index is 13.5. The molecule has 1 aromatic carbocycles. The summed E-state index contributed by atoms with van der Waals surface area (Å²) >= 11 is 0. The van der Waals surface area contributed by atoms with Crippen molar-refractivity contribution in [2.45, 2.75) is 6.92 Å². The number of nitrogens with zero attached hydrogens (tertiary/aromatic N) is 3. The van der Waals surface area contributed by atoms with Gasteiger partial charge in [0.25, 0.3) is 0 Å². The molecule has 1 heterocycles. The third kappa shape index (κ3) is 2.79. The van der Waals surface area contributed by atoms with E-state index in [1.165, 1.54) is 18.2 Å². The smallest absolute Gasteiger partial charge is 0.322 e. The Morgan fingerprint density at radius 2 is 2.10 bits per heavy atom. The Morgan fingerprint density at radius 1 is 1.35 bits per heavy atom. The van der Waals surface area contributed by atoms with Gasteiger partial charge in [-0.2, -0.15) is 9.37 Å². The lowest BCUT2D eigenvalue weighted by atomic mass is 10.3. The molecule has 0 fully saturated rings. The molecule has 20 heavy (non-hydrogen) atoms. The number of benzene rings is 1. The molecule has 2 rings (SSSR count). The fourth-order valence-electron chi connectivity index (χ4n) is 1.43. The van der Waals surface area contributed by atoms with Gasteiger partial charge in [-0.3, -0.25) is 0 Å². The fourth-order valence-corrected chi connectivity index (χ4v) is 1.43. The van der Waals surface area contributed by atoms with Crippen LogP contribution in [-0.4, -0.2) is 21.0 Å². The summed E-state index contributed by atoms with van der Waals surface area (Å²) in [5.41, 5.74) is 5.96. The highest BCUT2D eigenvalue weighted by molar-refractivity contribution is 5.95. The van der Waals surface area contributed by atoms with E-state index in [2.05, 4.69) is 15.1 Å². The fraction of sp³-hybridized carbons (Fsp3) is 0.0833. The van der Waals surface area contributed by atoms with E-state index in [1.54, 1.807) is 6.92 Å². The zero-order valence-electron chi connectivity index (χ0n) is 10.3. The molecule has 0 aliphatic heterocycles. The number of aryl methyl sites for hydroxylation is 1. The third-order valence-electron chi connectivity index (χ3n) is 2.32. The van der Waals surface area contributed by atoms with Crippen LogP contribution in [0.25, 0.3) is 0 Å². The van der Waals surface area contributed by atoms with Crippen molar-refractivity contribution in [2.24, 2.45) is 10.9 Å². The van der Waals surface area contributed by atoms with Crippen molar-refractivity contribution in [3.63, 3.8) is 0 Å². The van der Waals surface area contributed by atoms with E-state index >= 15 is 0 Å². The second kappa shape index (κ2) is 5.47. The first kappa shape index (κ1) is 13.7. The molecule has 2 aromatic rings. The summed E-state index contributed by atoms with van der Waals surface area (Å²) in [6.45, 7) is 1.62. The minimum absolute atomic E-state index is 0.104. The molecule has 0 bridgehead atoms. The van der Waals surface area contributed by atoms with Crippen LogP contribution in [0.3, 0.4) is 0 Å². The standard InChI is InChI=1S/C12H10F2N4O2/c1-6-5-8(11(15)18-19)17-12(16-6)20-9-4-2-3-7(13)10(9)14/h2-5,19H,1H3,(H2,15,18). The molecule has 8 heteroatoms. The van der Waals surface area contributed by atoms with Gasteiger partial charge in [0.05, 0.1) is 0 Å². The Balaban J connectivity index is 2.39. The molecule has 0 saturated heterocycles. The highest BCUT2D eigenvalue weighted by Crippen LogP contribution is 2.23.